The van der Waals surface area contributed by atoms with Crippen LogP contribution in [0.3, 0.4) is 0 Å². The number of carboxylic acids is 1. The lowest BCUT2D eigenvalue weighted by Crippen LogP contribution is -2.23. The summed E-state index contributed by atoms with van der Waals surface area (Å²) in [4.78, 5) is 18.2. The van der Waals surface area contributed by atoms with Crippen molar-refractivity contribution in [2.45, 2.75) is 31.4 Å². The number of nitrogen functional groups attached to an aromatic ring is 1. The second-order valence-corrected chi connectivity index (χ2v) is 10.2. The van der Waals surface area contributed by atoms with Gasteiger partial charge in [-0.05, 0) is 58.2 Å². The average molecular weight is 568 g/mol. The molecule has 0 aliphatic heterocycles. The maximum absolute atomic E-state index is 13.8. The Morgan fingerprint density at radius 1 is 1.10 bits per heavy atom. The molecule has 2 aromatic carbocycles. The summed E-state index contributed by atoms with van der Waals surface area (Å²) >= 11 is 5.82. The molecule has 3 N–H and O–H groups in total. The Balaban J connectivity index is 0.000000184. The summed E-state index contributed by atoms with van der Waals surface area (Å²) in [5, 5.41) is 9.08. The SMILES string of the molecule is Nc1c([C@@H](c2cccnc2)C(F)(F)F)ccc2c1Cc1ccccc1-2.O=C(O)c1cc(OCC2CC2)c(Cl)cn1. The highest BCUT2D eigenvalue weighted by atomic mass is 35.5. The molecule has 2 aliphatic carbocycles. The molecule has 0 unspecified atom stereocenters. The number of nitrogens with two attached hydrogens (primary N) is 1. The van der Waals surface area contributed by atoms with Crippen molar-refractivity contribution in [2.75, 3.05) is 12.3 Å². The number of aromatic carboxylic acids is 1. The molecule has 0 spiro atoms. The number of aromatic nitrogens is 2. The number of alkyl halides is 3. The van der Waals surface area contributed by atoms with Gasteiger partial charge in [-0.1, -0.05) is 54.1 Å². The van der Waals surface area contributed by atoms with Crippen LogP contribution in [0.1, 0.15) is 51.5 Å². The Morgan fingerprint density at radius 3 is 2.55 bits per heavy atom. The van der Waals surface area contributed by atoms with E-state index in [0.717, 1.165) is 22.3 Å². The molecule has 1 fully saturated rings. The summed E-state index contributed by atoms with van der Waals surface area (Å²) in [6, 6.07) is 15.4. The van der Waals surface area contributed by atoms with Gasteiger partial charge in [0.2, 0.25) is 0 Å². The minimum Gasteiger partial charge on any atom is -0.492 e. The fraction of sp³-hybridized carbons (Fsp3) is 0.233. The van der Waals surface area contributed by atoms with Crippen molar-refractivity contribution < 1.29 is 27.8 Å². The van der Waals surface area contributed by atoms with Crippen LogP contribution in [-0.4, -0.2) is 33.8 Å². The van der Waals surface area contributed by atoms with Crippen molar-refractivity contribution in [3.05, 3.63) is 106 Å². The van der Waals surface area contributed by atoms with Crippen LogP contribution in [0, 0.1) is 5.92 Å². The Kier molecular flexibility index (Phi) is 7.67. The zero-order chi connectivity index (χ0) is 28.4. The summed E-state index contributed by atoms with van der Waals surface area (Å²) < 4.78 is 46.8. The molecule has 6 rings (SSSR count). The van der Waals surface area contributed by atoms with Crippen molar-refractivity contribution >= 4 is 23.3 Å². The van der Waals surface area contributed by atoms with Crippen molar-refractivity contribution in [3.8, 4) is 16.9 Å². The van der Waals surface area contributed by atoms with E-state index in [2.05, 4.69) is 9.97 Å². The lowest BCUT2D eigenvalue weighted by molar-refractivity contribution is -0.141. The molecule has 2 aromatic heterocycles. The molecule has 0 bridgehead atoms. The van der Waals surface area contributed by atoms with Gasteiger partial charge >= 0.3 is 12.1 Å². The second kappa shape index (κ2) is 11.2. The van der Waals surface area contributed by atoms with E-state index in [4.69, 9.17) is 27.2 Å². The van der Waals surface area contributed by atoms with Crippen LogP contribution in [0.4, 0.5) is 18.9 Å². The molecular weight excluding hydrogens is 543 g/mol. The highest BCUT2D eigenvalue weighted by Gasteiger charge is 2.43. The molecular formula is C30H25ClF3N3O3. The first kappa shape index (κ1) is 27.5. The molecule has 0 amide bonds. The van der Waals surface area contributed by atoms with Crippen LogP contribution < -0.4 is 10.5 Å². The van der Waals surface area contributed by atoms with Gasteiger partial charge in [0.1, 0.15) is 16.7 Å². The fourth-order valence-corrected chi connectivity index (χ4v) is 4.89. The predicted octanol–water partition coefficient (Wildman–Crippen LogP) is 7.15. The van der Waals surface area contributed by atoms with E-state index in [1.807, 2.05) is 24.3 Å². The minimum atomic E-state index is -4.45. The Bertz CT molecular complexity index is 1540. The monoisotopic (exact) mass is 567 g/mol. The molecule has 206 valence electrons. The molecule has 0 saturated heterocycles. The molecule has 1 saturated carbocycles. The van der Waals surface area contributed by atoms with Crippen LogP contribution in [0.25, 0.3) is 11.1 Å². The van der Waals surface area contributed by atoms with Crippen molar-refractivity contribution in [2.24, 2.45) is 5.92 Å². The summed E-state index contributed by atoms with van der Waals surface area (Å²) in [5.41, 5.74) is 10.4. The number of carboxylic acid groups (broad SMARTS) is 1. The number of pyridine rings is 2. The van der Waals surface area contributed by atoms with E-state index in [0.29, 0.717) is 29.7 Å². The minimum absolute atomic E-state index is 0.0507. The van der Waals surface area contributed by atoms with Gasteiger partial charge in [0.05, 0.1) is 12.8 Å². The van der Waals surface area contributed by atoms with E-state index in [9.17, 15) is 18.0 Å². The van der Waals surface area contributed by atoms with E-state index >= 15 is 0 Å². The van der Waals surface area contributed by atoms with Gasteiger partial charge in [-0.2, -0.15) is 13.2 Å². The number of ether oxygens (including phenoxy) is 1. The normalized spacial score (nSPS) is 14.4. The van der Waals surface area contributed by atoms with Gasteiger partial charge in [-0.25, -0.2) is 9.78 Å². The number of carbonyl (C=O) groups is 1. The van der Waals surface area contributed by atoms with E-state index in [-0.39, 0.29) is 22.5 Å². The third-order valence-corrected chi connectivity index (χ3v) is 7.22. The third-order valence-electron chi connectivity index (χ3n) is 6.93. The quantitative estimate of drug-likeness (QED) is 0.211. The molecule has 2 aliphatic rings. The number of nitrogens with zero attached hydrogens (tertiary/aromatic N) is 2. The highest BCUT2D eigenvalue weighted by molar-refractivity contribution is 6.32. The zero-order valence-electron chi connectivity index (χ0n) is 21.2. The largest absolute Gasteiger partial charge is 0.492 e. The van der Waals surface area contributed by atoms with Gasteiger partial charge < -0.3 is 15.6 Å². The van der Waals surface area contributed by atoms with Crippen molar-refractivity contribution in [1.82, 2.24) is 9.97 Å². The highest BCUT2D eigenvalue weighted by Crippen LogP contribution is 2.47. The Hall–Kier alpha value is -4.11. The fourth-order valence-electron chi connectivity index (χ4n) is 4.74. The summed E-state index contributed by atoms with van der Waals surface area (Å²) in [5.74, 6) is -1.86. The van der Waals surface area contributed by atoms with Crippen LogP contribution in [0.5, 0.6) is 5.75 Å². The van der Waals surface area contributed by atoms with Crippen molar-refractivity contribution in [1.29, 1.82) is 0 Å². The van der Waals surface area contributed by atoms with Gasteiger partial charge in [-0.3, -0.25) is 4.98 Å². The first-order valence-electron chi connectivity index (χ1n) is 12.6. The van der Waals surface area contributed by atoms with Crippen LogP contribution >= 0.6 is 11.6 Å². The summed E-state index contributed by atoms with van der Waals surface area (Å²) in [6.45, 7) is 0.600. The maximum atomic E-state index is 13.8. The van der Waals surface area contributed by atoms with E-state index in [1.54, 1.807) is 6.07 Å². The number of hydrogen-bond acceptors (Lipinski definition) is 5. The molecule has 4 aromatic rings. The van der Waals surface area contributed by atoms with Gasteiger partial charge in [0.25, 0.3) is 0 Å². The number of anilines is 1. The molecule has 6 nitrogen and oxygen atoms in total. The number of rotatable bonds is 6. The smallest absolute Gasteiger partial charge is 0.399 e. The zero-order valence-corrected chi connectivity index (χ0v) is 21.9. The van der Waals surface area contributed by atoms with Crippen LogP contribution in [-0.2, 0) is 6.42 Å². The topological polar surface area (TPSA) is 98.3 Å². The summed E-state index contributed by atoms with van der Waals surface area (Å²) in [6.07, 6.45) is 2.47. The first-order valence-corrected chi connectivity index (χ1v) is 13.0. The number of fused-ring (bicyclic) bond motifs is 3. The lowest BCUT2D eigenvalue weighted by Gasteiger charge is -2.23. The van der Waals surface area contributed by atoms with Crippen molar-refractivity contribution in [3.63, 3.8) is 0 Å². The third kappa shape index (κ3) is 5.89. The molecule has 2 heterocycles. The second-order valence-electron chi connectivity index (χ2n) is 9.75. The molecule has 10 heteroatoms. The van der Waals surface area contributed by atoms with E-state index < -0.39 is 18.1 Å². The number of halogens is 4. The number of hydrogen-bond donors (Lipinski definition) is 2. The predicted molar refractivity (Wildman–Crippen MR) is 146 cm³/mol. The van der Waals surface area contributed by atoms with Crippen LogP contribution in [0.15, 0.2) is 73.2 Å². The summed E-state index contributed by atoms with van der Waals surface area (Å²) in [7, 11) is 0. The lowest BCUT2D eigenvalue weighted by atomic mass is 9.87. The van der Waals surface area contributed by atoms with Gasteiger partial charge in [-0.15, -0.1) is 0 Å². The molecule has 1 atom stereocenters. The molecule has 40 heavy (non-hydrogen) atoms. The van der Waals surface area contributed by atoms with Crippen LogP contribution in [0.2, 0.25) is 5.02 Å². The Labute approximate surface area is 233 Å². The standard InChI is InChI=1S/C20H15F3N2.C10H10ClNO3/c21-20(22,23)18(13-5-3-9-25-11-13)16-8-7-15-14-6-2-1-4-12(14)10-17(15)19(16)24;11-7-4-12-8(10(13)14)3-9(7)15-5-6-1-2-6/h1-9,11,18H,10,24H2;3-4,6H,1-2,5H2,(H,13,14)/t18-;/m1./s1. The maximum Gasteiger partial charge on any atom is 0.399 e. The van der Waals surface area contributed by atoms with E-state index in [1.165, 1.54) is 55.7 Å². The van der Waals surface area contributed by atoms with Gasteiger partial charge in [0, 0.05) is 30.6 Å². The average Bonchev–Trinajstić information content (AvgIpc) is 3.68. The molecule has 0 radical (unpaired) electrons. The van der Waals surface area contributed by atoms with Gasteiger partial charge in [0.15, 0.2) is 5.69 Å². The number of benzene rings is 2. The Morgan fingerprint density at radius 2 is 1.88 bits per heavy atom. The first-order chi connectivity index (χ1) is 19.1.